The number of esters is 1. The van der Waals surface area contributed by atoms with Crippen molar-refractivity contribution in [1.29, 1.82) is 0 Å². The van der Waals surface area contributed by atoms with E-state index in [1.807, 2.05) is 6.92 Å². The van der Waals surface area contributed by atoms with Crippen LogP contribution in [0, 0.1) is 13.8 Å². The second-order valence-corrected chi connectivity index (χ2v) is 5.42. The van der Waals surface area contributed by atoms with E-state index in [-0.39, 0.29) is 5.91 Å². The number of carbonyl (C=O) groups is 2. The van der Waals surface area contributed by atoms with Gasteiger partial charge >= 0.3 is 5.97 Å². The lowest BCUT2D eigenvalue weighted by molar-refractivity contribution is 0.0605. The molecule has 0 bridgehead atoms. The molecule has 0 saturated carbocycles. The molecule has 0 fully saturated rings. The van der Waals surface area contributed by atoms with E-state index in [1.54, 1.807) is 30.8 Å². The maximum absolute atomic E-state index is 12.0. The second-order valence-electron chi connectivity index (χ2n) is 4.36. The van der Waals surface area contributed by atoms with E-state index < -0.39 is 5.97 Å². The minimum atomic E-state index is -0.401. The average molecular weight is 293 g/mol. The van der Waals surface area contributed by atoms with Gasteiger partial charge in [0.25, 0.3) is 5.91 Å². The third-order valence-corrected chi connectivity index (χ3v) is 4.00. The zero-order valence-corrected chi connectivity index (χ0v) is 12.5. The molecule has 20 heavy (non-hydrogen) atoms. The molecule has 2 aromatic rings. The van der Waals surface area contributed by atoms with E-state index in [9.17, 15) is 9.59 Å². The summed E-state index contributed by atoms with van der Waals surface area (Å²) in [6.45, 7) is 3.66. The Morgan fingerprint density at radius 2 is 2.05 bits per heavy atom. The van der Waals surface area contributed by atoms with Gasteiger partial charge in [0.2, 0.25) is 0 Å². The van der Waals surface area contributed by atoms with Gasteiger partial charge in [0, 0.05) is 12.7 Å². The number of ether oxygens (including phenoxy) is 1. The van der Waals surface area contributed by atoms with Crippen LogP contribution in [0.1, 0.15) is 31.4 Å². The number of hydrogen-bond acceptors (Lipinski definition) is 5. The van der Waals surface area contributed by atoms with Crippen LogP contribution in [0.5, 0.6) is 0 Å². The molecule has 2 rings (SSSR count). The molecule has 0 aliphatic heterocycles. The molecule has 0 saturated heterocycles. The fourth-order valence-corrected chi connectivity index (χ4v) is 2.67. The van der Waals surface area contributed by atoms with Gasteiger partial charge in [0.05, 0.1) is 12.1 Å². The van der Waals surface area contributed by atoms with Crippen LogP contribution in [0.15, 0.2) is 12.1 Å². The molecule has 2 heterocycles. The van der Waals surface area contributed by atoms with Crippen molar-refractivity contribution in [2.24, 2.45) is 7.05 Å². The Labute approximate surface area is 120 Å². The lowest BCUT2D eigenvalue weighted by Crippen LogP contribution is -2.12. The predicted octanol–water partition coefficient (Wildman–Crippen LogP) is 2.14. The first-order chi connectivity index (χ1) is 9.42. The highest BCUT2D eigenvalue weighted by Gasteiger charge is 2.17. The number of nitrogens with one attached hydrogen (secondary N) is 1. The Hall–Kier alpha value is -2.15. The van der Waals surface area contributed by atoms with Crippen LogP contribution in [0.25, 0.3) is 0 Å². The quantitative estimate of drug-likeness (QED) is 0.880. The predicted molar refractivity (Wildman–Crippen MR) is 76.3 cm³/mol. The summed E-state index contributed by atoms with van der Waals surface area (Å²) in [6.07, 6.45) is 0. The highest BCUT2D eigenvalue weighted by molar-refractivity contribution is 7.18. The van der Waals surface area contributed by atoms with Crippen molar-refractivity contribution < 1.29 is 14.3 Å². The maximum Gasteiger partial charge on any atom is 0.348 e. The third-order valence-electron chi connectivity index (χ3n) is 2.87. The lowest BCUT2D eigenvalue weighted by atomic mass is 10.3. The lowest BCUT2D eigenvalue weighted by Gasteiger charge is -1.98. The van der Waals surface area contributed by atoms with E-state index in [4.69, 9.17) is 0 Å². The standard InChI is InChI=1S/C13H15N3O3S/c1-7-5-10(20-11(7)13(18)19-4)14-12(17)9-6-8(2)16(3)15-9/h5-6H,1-4H3,(H,14,17). The number of thiophene rings is 1. The zero-order chi connectivity index (χ0) is 14.9. The molecule has 0 radical (unpaired) electrons. The largest absolute Gasteiger partial charge is 0.465 e. The van der Waals surface area contributed by atoms with Crippen LogP contribution in [-0.4, -0.2) is 28.8 Å². The number of carbonyl (C=O) groups excluding carboxylic acids is 2. The maximum atomic E-state index is 12.0. The molecular formula is C13H15N3O3S. The van der Waals surface area contributed by atoms with Crippen molar-refractivity contribution in [1.82, 2.24) is 9.78 Å². The number of nitrogens with zero attached hydrogens (tertiary/aromatic N) is 2. The Bertz CT molecular complexity index is 653. The summed E-state index contributed by atoms with van der Waals surface area (Å²) < 4.78 is 6.32. The Morgan fingerprint density at radius 3 is 2.60 bits per heavy atom. The van der Waals surface area contributed by atoms with Crippen LogP contribution in [-0.2, 0) is 11.8 Å². The first-order valence-electron chi connectivity index (χ1n) is 5.93. The number of amides is 1. The molecule has 0 spiro atoms. The number of anilines is 1. The first-order valence-corrected chi connectivity index (χ1v) is 6.74. The Kier molecular flexibility index (Phi) is 3.89. The molecule has 7 heteroatoms. The van der Waals surface area contributed by atoms with Crippen molar-refractivity contribution in [2.45, 2.75) is 13.8 Å². The fourth-order valence-electron chi connectivity index (χ4n) is 1.69. The highest BCUT2D eigenvalue weighted by atomic mass is 32.1. The topological polar surface area (TPSA) is 73.2 Å². The Balaban J connectivity index is 2.18. The molecule has 1 amide bonds. The summed E-state index contributed by atoms with van der Waals surface area (Å²) in [6, 6.07) is 3.45. The average Bonchev–Trinajstić information content (AvgIpc) is 2.92. The molecule has 6 nitrogen and oxygen atoms in total. The third kappa shape index (κ3) is 2.72. The molecule has 0 unspecified atom stereocenters. The number of rotatable bonds is 3. The summed E-state index contributed by atoms with van der Waals surface area (Å²) in [5.41, 5.74) is 2.01. The number of aromatic nitrogens is 2. The van der Waals surface area contributed by atoms with E-state index in [0.717, 1.165) is 11.3 Å². The van der Waals surface area contributed by atoms with Gasteiger partial charge < -0.3 is 10.1 Å². The smallest absolute Gasteiger partial charge is 0.348 e. The zero-order valence-electron chi connectivity index (χ0n) is 11.7. The van der Waals surface area contributed by atoms with Crippen LogP contribution >= 0.6 is 11.3 Å². The number of methoxy groups -OCH3 is 1. The summed E-state index contributed by atoms with van der Waals surface area (Å²) in [5.74, 6) is -0.701. The van der Waals surface area contributed by atoms with E-state index in [2.05, 4.69) is 15.2 Å². The van der Waals surface area contributed by atoms with Crippen molar-refractivity contribution >= 4 is 28.2 Å². The Morgan fingerprint density at radius 1 is 1.35 bits per heavy atom. The summed E-state index contributed by atoms with van der Waals surface area (Å²) in [5, 5.41) is 7.43. The van der Waals surface area contributed by atoms with Gasteiger partial charge in [0.1, 0.15) is 4.88 Å². The van der Waals surface area contributed by atoms with Gasteiger partial charge in [-0.3, -0.25) is 9.48 Å². The first kappa shape index (κ1) is 14.3. The minimum Gasteiger partial charge on any atom is -0.465 e. The summed E-state index contributed by atoms with van der Waals surface area (Å²) in [4.78, 5) is 24.0. The van der Waals surface area contributed by atoms with Crippen molar-refractivity contribution in [3.8, 4) is 0 Å². The van der Waals surface area contributed by atoms with Crippen LogP contribution in [0.3, 0.4) is 0 Å². The van der Waals surface area contributed by atoms with Gasteiger partial charge in [-0.2, -0.15) is 5.10 Å². The van der Waals surface area contributed by atoms with Crippen LogP contribution in [0.2, 0.25) is 0 Å². The molecule has 106 valence electrons. The summed E-state index contributed by atoms with van der Waals surface area (Å²) >= 11 is 1.19. The van der Waals surface area contributed by atoms with Crippen LogP contribution < -0.4 is 5.32 Å². The van der Waals surface area contributed by atoms with Gasteiger partial charge in [-0.25, -0.2) is 4.79 Å². The fraction of sp³-hybridized carbons (Fsp3) is 0.308. The van der Waals surface area contributed by atoms with Crippen LogP contribution in [0.4, 0.5) is 5.00 Å². The van der Waals surface area contributed by atoms with E-state index >= 15 is 0 Å². The second kappa shape index (κ2) is 5.46. The van der Waals surface area contributed by atoms with Crippen molar-refractivity contribution in [2.75, 3.05) is 12.4 Å². The molecule has 0 atom stereocenters. The normalized spacial score (nSPS) is 10.4. The van der Waals surface area contributed by atoms with Crippen molar-refractivity contribution in [3.63, 3.8) is 0 Å². The van der Waals surface area contributed by atoms with Gasteiger partial charge in [-0.1, -0.05) is 0 Å². The van der Waals surface area contributed by atoms with Crippen molar-refractivity contribution in [3.05, 3.63) is 34.0 Å². The molecule has 0 aromatic carbocycles. The molecule has 1 N–H and O–H groups in total. The number of hydrogen-bond donors (Lipinski definition) is 1. The van der Waals surface area contributed by atoms with E-state index in [0.29, 0.717) is 15.6 Å². The molecular weight excluding hydrogens is 278 g/mol. The highest BCUT2D eigenvalue weighted by Crippen LogP contribution is 2.27. The molecule has 0 aliphatic rings. The molecule has 0 aliphatic carbocycles. The number of aryl methyl sites for hydroxylation is 3. The summed E-state index contributed by atoms with van der Waals surface area (Å²) in [7, 11) is 3.10. The van der Waals surface area contributed by atoms with Gasteiger partial charge in [0.15, 0.2) is 5.69 Å². The van der Waals surface area contributed by atoms with E-state index in [1.165, 1.54) is 18.4 Å². The van der Waals surface area contributed by atoms with Gasteiger partial charge in [-0.15, -0.1) is 11.3 Å². The SMILES string of the molecule is COC(=O)c1sc(NC(=O)c2cc(C)n(C)n2)cc1C. The molecule has 2 aromatic heterocycles. The van der Waals surface area contributed by atoms with Gasteiger partial charge in [-0.05, 0) is 31.5 Å². The minimum absolute atomic E-state index is 0.300. The monoisotopic (exact) mass is 293 g/mol.